The number of amidine groups is 2. The van der Waals surface area contributed by atoms with Crippen LogP contribution < -0.4 is 5.32 Å². The Bertz CT molecular complexity index is 3100. The Morgan fingerprint density at radius 2 is 1.07 bits per heavy atom. The molecule has 0 fully saturated rings. The van der Waals surface area contributed by atoms with Gasteiger partial charge in [0.05, 0.1) is 22.1 Å². The second-order valence-electron chi connectivity index (χ2n) is 14.6. The number of rotatable bonds is 6. The van der Waals surface area contributed by atoms with Gasteiger partial charge in [0.1, 0.15) is 12.0 Å². The number of nitrogens with zero attached hydrogens (tertiary/aromatic N) is 4. The highest BCUT2D eigenvalue weighted by Crippen LogP contribution is 2.38. The van der Waals surface area contributed by atoms with Crippen molar-refractivity contribution in [3.8, 4) is 22.5 Å². The Hall–Kier alpha value is -7.24. The second-order valence-corrected chi connectivity index (χ2v) is 14.6. The summed E-state index contributed by atoms with van der Waals surface area (Å²) in [6, 6.07) is 61.0. The average Bonchev–Trinajstić information content (AvgIpc) is 3.79. The largest absolute Gasteiger partial charge is 0.344 e. The Labute approximate surface area is 324 Å². The Morgan fingerprint density at radius 1 is 0.482 bits per heavy atom. The molecule has 0 spiro atoms. The van der Waals surface area contributed by atoms with Crippen LogP contribution in [0.2, 0.25) is 0 Å². The van der Waals surface area contributed by atoms with Crippen molar-refractivity contribution in [2.75, 3.05) is 0 Å². The highest BCUT2D eigenvalue weighted by atomic mass is 15.2. The summed E-state index contributed by atoms with van der Waals surface area (Å²) in [5, 5.41) is 8.61. The quantitative estimate of drug-likeness (QED) is 0.183. The number of para-hydroxylation sites is 3. The molecule has 2 aromatic heterocycles. The van der Waals surface area contributed by atoms with E-state index in [-0.39, 0.29) is 6.17 Å². The number of aromatic nitrogens is 2. The van der Waals surface area contributed by atoms with E-state index in [1.807, 2.05) is 6.07 Å². The molecule has 9 aromatic rings. The average molecular weight is 720 g/mol. The SMILES string of the molecule is C1=CC(C2=NC(c3cccc(-n4c5ccccc5c5cc(-c6ccc7c(c6)c6ccccc6n7-c6ccccc6)ccc54)c3)NC(c3ccccc3)=N2)=CCC1. The van der Waals surface area contributed by atoms with Gasteiger partial charge < -0.3 is 14.5 Å². The molecule has 1 unspecified atom stereocenters. The van der Waals surface area contributed by atoms with E-state index in [0.29, 0.717) is 0 Å². The molecule has 1 atom stereocenters. The van der Waals surface area contributed by atoms with Gasteiger partial charge >= 0.3 is 0 Å². The van der Waals surface area contributed by atoms with Crippen molar-refractivity contribution in [2.45, 2.75) is 19.0 Å². The summed E-state index contributed by atoms with van der Waals surface area (Å²) >= 11 is 0. The molecule has 1 N–H and O–H groups in total. The summed E-state index contributed by atoms with van der Waals surface area (Å²) in [5.74, 6) is 1.60. The van der Waals surface area contributed by atoms with Crippen molar-refractivity contribution >= 4 is 55.3 Å². The van der Waals surface area contributed by atoms with Gasteiger partial charge in [-0.3, -0.25) is 0 Å². The monoisotopic (exact) mass is 719 g/mol. The van der Waals surface area contributed by atoms with Gasteiger partial charge in [-0.1, -0.05) is 127 Å². The van der Waals surface area contributed by atoms with Gasteiger partial charge in [-0.2, -0.15) is 0 Å². The summed E-state index contributed by atoms with van der Waals surface area (Å²) in [7, 11) is 0. The lowest BCUT2D eigenvalue weighted by Crippen LogP contribution is -2.33. The van der Waals surface area contributed by atoms with E-state index in [2.05, 4.69) is 196 Å². The summed E-state index contributed by atoms with van der Waals surface area (Å²) in [4.78, 5) is 10.2. The minimum atomic E-state index is -0.295. The minimum absolute atomic E-state index is 0.295. The first-order valence-corrected chi connectivity index (χ1v) is 19.3. The number of fused-ring (bicyclic) bond motifs is 6. The van der Waals surface area contributed by atoms with Crippen LogP contribution in [0.1, 0.15) is 30.1 Å². The van der Waals surface area contributed by atoms with Crippen molar-refractivity contribution in [3.05, 3.63) is 205 Å². The fraction of sp³-hybridized carbons (Fsp3) is 0.0588. The number of nitrogens with one attached hydrogen (secondary N) is 1. The standard InChI is InChI=1S/C51H37N5/c1-4-15-34(16-5-1)49-52-50(35-17-6-2-7-18-35)54-51(53-49)38-19-14-22-40(31-38)56-46-26-13-11-24-42(46)44-33-37(28-30-48(44)56)36-27-29-47-43(32-36)41-23-10-12-25-45(41)55(47)39-20-8-3-9-21-39/h1,3-6,8-33,51H,2,7H2,(H,52,53,54). The predicted octanol–water partition coefficient (Wildman–Crippen LogP) is 12.3. The fourth-order valence-electron chi connectivity index (χ4n) is 8.54. The molecule has 5 nitrogen and oxygen atoms in total. The summed E-state index contributed by atoms with van der Waals surface area (Å²) in [5.41, 5.74) is 12.6. The number of aliphatic imine (C=N–C) groups is 2. The number of hydrogen-bond acceptors (Lipinski definition) is 3. The molecule has 0 bridgehead atoms. The summed E-state index contributed by atoms with van der Waals surface area (Å²) in [6.45, 7) is 0. The van der Waals surface area contributed by atoms with Crippen LogP contribution in [-0.2, 0) is 0 Å². The zero-order chi connectivity index (χ0) is 37.0. The maximum Gasteiger partial charge on any atom is 0.159 e. The third-order valence-corrected chi connectivity index (χ3v) is 11.2. The molecule has 7 aromatic carbocycles. The summed E-state index contributed by atoms with van der Waals surface area (Å²) < 4.78 is 4.76. The van der Waals surface area contributed by atoms with E-state index in [1.54, 1.807) is 0 Å². The Balaban J connectivity index is 1.01. The lowest BCUT2D eigenvalue weighted by atomic mass is 10.0. The molecule has 2 aliphatic rings. The molecule has 1 aliphatic heterocycles. The van der Waals surface area contributed by atoms with E-state index in [4.69, 9.17) is 9.98 Å². The van der Waals surface area contributed by atoms with E-state index in [0.717, 1.165) is 46.9 Å². The maximum absolute atomic E-state index is 5.19. The molecular weight excluding hydrogens is 683 g/mol. The van der Waals surface area contributed by atoms with Gasteiger partial charge in [-0.15, -0.1) is 0 Å². The molecule has 11 rings (SSSR count). The molecule has 5 heteroatoms. The van der Waals surface area contributed by atoms with Crippen LogP contribution >= 0.6 is 0 Å². The molecule has 56 heavy (non-hydrogen) atoms. The highest BCUT2D eigenvalue weighted by molar-refractivity contribution is 6.14. The van der Waals surface area contributed by atoms with Gasteiger partial charge in [0, 0.05) is 44.1 Å². The van der Waals surface area contributed by atoms with Crippen molar-refractivity contribution < 1.29 is 0 Å². The number of benzene rings is 7. The lowest BCUT2D eigenvalue weighted by Gasteiger charge is -2.24. The van der Waals surface area contributed by atoms with Crippen molar-refractivity contribution in [2.24, 2.45) is 9.98 Å². The van der Waals surface area contributed by atoms with E-state index in [9.17, 15) is 0 Å². The zero-order valence-corrected chi connectivity index (χ0v) is 30.7. The Kier molecular flexibility index (Phi) is 7.62. The van der Waals surface area contributed by atoms with Crippen LogP contribution in [0.25, 0.3) is 66.1 Å². The van der Waals surface area contributed by atoms with Gasteiger partial charge in [-0.25, -0.2) is 9.98 Å². The van der Waals surface area contributed by atoms with Gasteiger partial charge in [0.25, 0.3) is 0 Å². The van der Waals surface area contributed by atoms with Crippen molar-refractivity contribution in [1.82, 2.24) is 14.5 Å². The summed E-state index contributed by atoms with van der Waals surface area (Å²) in [6.07, 6.45) is 8.36. The molecule has 0 radical (unpaired) electrons. The first-order valence-electron chi connectivity index (χ1n) is 19.3. The van der Waals surface area contributed by atoms with Crippen molar-refractivity contribution in [1.29, 1.82) is 0 Å². The molecule has 0 amide bonds. The highest BCUT2D eigenvalue weighted by Gasteiger charge is 2.23. The third-order valence-electron chi connectivity index (χ3n) is 11.2. The Morgan fingerprint density at radius 3 is 1.73 bits per heavy atom. The molecular formula is C51H37N5. The van der Waals surface area contributed by atoms with Crippen LogP contribution in [0, 0.1) is 0 Å². The first-order chi connectivity index (χ1) is 27.8. The lowest BCUT2D eigenvalue weighted by molar-refractivity contribution is 0.673. The van der Waals surface area contributed by atoms with E-state index in [1.165, 1.54) is 60.4 Å². The third kappa shape index (κ3) is 5.39. The first kappa shape index (κ1) is 32.2. The topological polar surface area (TPSA) is 46.6 Å². The molecule has 266 valence electrons. The number of hydrogen-bond donors (Lipinski definition) is 1. The second kappa shape index (κ2) is 13.3. The van der Waals surface area contributed by atoms with Gasteiger partial charge in [0.2, 0.25) is 0 Å². The van der Waals surface area contributed by atoms with Crippen LogP contribution in [0.5, 0.6) is 0 Å². The fourth-order valence-corrected chi connectivity index (χ4v) is 8.54. The van der Waals surface area contributed by atoms with Gasteiger partial charge in [0.15, 0.2) is 5.84 Å². The van der Waals surface area contributed by atoms with E-state index >= 15 is 0 Å². The normalized spacial score (nSPS) is 15.6. The van der Waals surface area contributed by atoms with Crippen LogP contribution in [0.4, 0.5) is 0 Å². The maximum atomic E-state index is 5.19. The smallest absolute Gasteiger partial charge is 0.159 e. The molecule has 0 saturated heterocycles. The zero-order valence-electron chi connectivity index (χ0n) is 30.7. The van der Waals surface area contributed by atoms with Crippen LogP contribution in [0.3, 0.4) is 0 Å². The van der Waals surface area contributed by atoms with Crippen LogP contribution in [-0.4, -0.2) is 20.8 Å². The predicted molar refractivity (Wildman–Crippen MR) is 233 cm³/mol. The molecule has 0 saturated carbocycles. The van der Waals surface area contributed by atoms with Crippen molar-refractivity contribution in [3.63, 3.8) is 0 Å². The number of allylic oxidation sites excluding steroid dienone is 2. The van der Waals surface area contributed by atoms with E-state index < -0.39 is 0 Å². The molecule has 3 heterocycles. The van der Waals surface area contributed by atoms with Gasteiger partial charge in [-0.05, 0) is 90.2 Å². The molecule has 1 aliphatic carbocycles. The van der Waals surface area contributed by atoms with Crippen LogP contribution in [0.15, 0.2) is 204 Å². The minimum Gasteiger partial charge on any atom is -0.344 e.